The van der Waals surface area contributed by atoms with Crippen LogP contribution in [-0.4, -0.2) is 4.57 Å². The van der Waals surface area contributed by atoms with E-state index < -0.39 is 0 Å². The van der Waals surface area contributed by atoms with Crippen LogP contribution < -0.4 is 4.90 Å². The van der Waals surface area contributed by atoms with Gasteiger partial charge in [0.15, 0.2) is 0 Å². The first kappa shape index (κ1) is 36.5. The molecule has 0 unspecified atom stereocenters. The molecule has 0 atom stereocenters. The Bertz CT molecular complexity index is 3860. The molecule has 0 bridgehead atoms. The normalized spacial score (nSPS) is 11.8. The van der Waals surface area contributed by atoms with Crippen LogP contribution in [0.4, 0.5) is 17.1 Å². The van der Waals surface area contributed by atoms with E-state index in [1.165, 1.54) is 69.6 Å². The van der Waals surface area contributed by atoms with Crippen LogP contribution in [0, 0.1) is 0 Å². The molecular weight excluding hydrogens is 797 g/mol. The second-order valence-electron chi connectivity index (χ2n) is 16.5. The number of thiophene rings is 1. The number of benzene rings is 10. The first-order valence-corrected chi connectivity index (χ1v) is 22.6. The van der Waals surface area contributed by atoms with Crippen LogP contribution in [0.25, 0.3) is 103 Å². The van der Waals surface area contributed by atoms with Crippen LogP contribution in [0.1, 0.15) is 0 Å². The minimum Gasteiger partial charge on any atom is -0.456 e. The lowest BCUT2D eigenvalue weighted by atomic mass is 10.0. The summed E-state index contributed by atoms with van der Waals surface area (Å²) in [5.41, 5.74) is 15.7. The highest BCUT2D eigenvalue weighted by Gasteiger charge is 2.19. The van der Waals surface area contributed by atoms with Gasteiger partial charge < -0.3 is 13.9 Å². The van der Waals surface area contributed by atoms with Gasteiger partial charge in [0.2, 0.25) is 0 Å². The molecule has 0 spiro atoms. The maximum absolute atomic E-state index is 6.31. The molecule has 0 aliphatic rings. The van der Waals surface area contributed by atoms with Gasteiger partial charge in [0.05, 0.1) is 11.0 Å². The van der Waals surface area contributed by atoms with Crippen molar-refractivity contribution in [1.82, 2.24) is 4.57 Å². The Labute approximate surface area is 373 Å². The average Bonchev–Trinajstić information content (AvgIpc) is 4.04. The van der Waals surface area contributed by atoms with E-state index in [0.29, 0.717) is 0 Å². The lowest BCUT2D eigenvalue weighted by Gasteiger charge is -2.26. The molecular formula is C60H38N2OS. The van der Waals surface area contributed by atoms with Crippen molar-refractivity contribution in [3.8, 4) is 39.1 Å². The van der Waals surface area contributed by atoms with Gasteiger partial charge in [-0.3, -0.25) is 0 Å². The number of para-hydroxylation sites is 2. The highest BCUT2D eigenvalue weighted by Crippen LogP contribution is 2.43. The van der Waals surface area contributed by atoms with Gasteiger partial charge in [-0.25, -0.2) is 0 Å². The summed E-state index contributed by atoms with van der Waals surface area (Å²) in [5.74, 6) is 0. The first-order valence-electron chi connectivity index (χ1n) is 21.7. The maximum atomic E-state index is 6.31. The third-order valence-corrected chi connectivity index (χ3v) is 14.0. The van der Waals surface area contributed by atoms with Gasteiger partial charge in [0, 0.05) is 64.5 Å². The third kappa shape index (κ3) is 5.95. The Balaban J connectivity index is 0.852. The number of rotatable bonds is 7. The molecule has 3 nitrogen and oxygen atoms in total. The summed E-state index contributed by atoms with van der Waals surface area (Å²) in [6, 6.07) is 83.3. The Morgan fingerprint density at radius 3 is 1.53 bits per heavy atom. The number of fused-ring (bicyclic) bond motifs is 10. The number of nitrogens with zero attached hydrogens (tertiary/aromatic N) is 2. The van der Waals surface area contributed by atoms with E-state index in [0.717, 1.165) is 50.4 Å². The number of aromatic nitrogens is 1. The molecule has 3 heterocycles. The van der Waals surface area contributed by atoms with Gasteiger partial charge in [-0.2, -0.15) is 0 Å². The van der Waals surface area contributed by atoms with Crippen molar-refractivity contribution in [2.75, 3.05) is 4.90 Å². The summed E-state index contributed by atoms with van der Waals surface area (Å²) in [5, 5.41) is 7.39. The summed E-state index contributed by atoms with van der Waals surface area (Å²) in [4.78, 5) is 2.35. The summed E-state index contributed by atoms with van der Waals surface area (Å²) in [6.07, 6.45) is 0. The van der Waals surface area contributed by atoms with E-state index >= 15 is 0 Å². The molecule has 10 aromatic carbocycles. The fourth-order valence-electron chi connectivity index (χ4n) is 9.75. The van der Waals surface area contributed by atoms with Crippen molar-refractivity contribution in [3.63, 3.8) is 0 Å². The molecule has 13 aromatic rings. The van der Waals surface area contributed by atoms with Crippen molar-refractivity contribution < 1.29 is 4.42 Å². The Morgan fingerprint density at radius 2 is 0.844 bits per heavy atom. The van der Waals surface area contributed by atoms with Crippen LogP contribution in [0.5, 0.6) is 0 Å². The molecule has 13 rings (SSSR count). The molecule has 0 saturated heterocycles. The van der Waals surface area contributed by atoms with Gasteiger partial charge in [0.1, 0.15) is 11.2 Å². The number of anilines is 3. The topological polar surface area (TPSA) is 21.3 Å². The second-order valence-corrected chi connectivity index (χ2v) is 17.6. The summed E-state index contributed by atoms with van der Waals surface area (Å²) in [7, 11) is 0. The second kappa shape index (κ2) is 14.7. The van der Waals surface area contributed by atoms with Gasteiger partial charge in [-0.05, 0) is 124 Å². The molecule has 0 fully saturated rings. The van der Waals surface area contributed by atoms with Crippen LogP contribution in [-0.2, 0) is 0 Å². The zero-order valence-corrected chi connectivity index (χ0v) is 35.5. The fraction of sp³-hybridized carbons (Fsp3) is 0. The van der Waals surface area contributed by atoms with Crippen LogP contribution in [0.15, 0.2) is 235 Å². The van der Waals surface area contributed by atoms with Crippen LogP contribution >= 0.6 is 11.3 Å². The minimum atomic E-state index is 0.913. The van der Waals surface area contributed by atoms with E-state index in [2.05, 4.69) is 234 Å². The van der Waals surface area contributed by atoms with E-state index in [-0.39, 0.29) is 0 Å². The van der Waals surface area contributed by atoms with E-state index in [1.807, 2.05) is 17.4 Å². The standard InChI is InChI=1S/C60H38N2OS/c1-2-10-39(11-3-1)40-18-27-45(28-19-40)61(47-31-24-43(25-32-47)44-26-37-58-52(38-44)49-12-6-9-17-57(49)64-58)46-29-20-41(21-30-46)42-22-33-48(34-23-42)62-53-15-7-4-13-50(53)59-54(62)35-36-56-60(59)51-14-5-8-16-55(51)63-56/h1-38H. The highest BCUT2D eigenvalue weighted by atomic mass is 32.1. The van der Waals surface area contributed by atoms with E-state index in [1.54, 1.807) is 0 Å². The van der Waals surface area contributed by atoms with Gasteiger partial charge in [-0.15, -0.1) is 11.3 Å². The summed E-state index contributed by atoms with van der Waals surface area (Å²) >= 11 is 1.86. The zero-order chi connectivity index (χ0) is 42.1. The highest BCUT2D eigenvalue weighted by molar-refractivity contribution is 7.25. The van der Waals surface area contributed by atoms with Crippen molar-refractivity contribution in [2.45, 2.75) is 0 Å². The van der Waals surface area contributed by atoms with Crippen LogP contribution in [0.2, 0.25) is 0 Å². The molecule has 0 radical (unpaired) electrons. The molecule has 300 valence electrons. The molecule has 4 heteroatoms. The van der Waals surface area contributed by atoms with E-state index in [9.17, 15) is 0 Å². The Kier molecular flexibility index (Phi) is 8.40. The predicted molar refractivity (Wildman–Crippen MR) is 272 cm³/mol. The van der Waals surface area contributed by atoms with Gasteiger partial charge >= 0.3 is 0 Å². The molecule has 0 aliphatic carbocycles. The Morgan fingerprint density at radius 1 is 0.328 bits per heavy atom. The minimum absolute atomic E-state index is 0.913. The number of hydrogen-bond acceptors (Lipinski definition) is 3. The Hall–Kier alpha value is -8.18. The monoisotopic (exact) mass is 834 g/mol. The van der Waals surface area contributed by atoms with Crippen molar-refractivity contribution in [3.05, 3.63) is 231 Å². The van der Waals surface area contributed by atoms with Crippen molar-refractivity contribution in [2.24, 2.45) is 0 Å². The third-order valence-electron chi connectivity index (χ3n) is 12.8. The number of furan rings is 1. The van der Waals surface area contributed by atoms with Crippen molar-refractivity contribution >= 4 is 92.3 Å². The molecule has 64 heavy (non-hydrogen) atoms. The fourth-order valence-corrected chi connectivity index (χ4v) is 10.8. The lowest BCUT2D eigenvalue weighted by Crippen LogP contribution is -2.09. The smallest absolute Gasteiger partial charge is 0.136 e. The molecule has 0 aliphatic heterocycles. The molecule has 0 N–H and O–H groups in total. The average molecular weight is 835 g/mol. The summed E-state index contributed by atoms with van der Waals surface area (Å²) < 4.78 is 11.3. The van der Waals surface area contributed by atoms with Gasteiger partial charge in [-0.1, -0.05) is 140 Å². The van der Waals surface area contributed by atoms with Gasteiger partial charge in [0.25, 0.3) is 0 Å². The summed E-state index contributed by atoms with van der Waals surface area (Å²) in [6.45, 7) is 0. The number of hydrogen-bond donors (Lipinski definition) is 0. The SMILES string of the molecule is c1ccc(-c2ccc(N(c3ccc(-c4ccc(-n5c6ccccc6c6c7c(ccc65)oc5ccccc57)cc4)cc3)c3ccc(-c4ccc5sc6ccccc6c5c4)cc3)cc2)cc1. The largest absolute Gasteiger partial charge is 0.456 e. The predicted octanol–water partition coefficient (Wildman–Crippen LogP) is 17.5. The molecule has 0 amide bonds. The van der Waals surface area contributed by atoms with Crippen molar-refractivity contribution in [1.29, 1.82) is 0 Å². The van der Waals surface area contributed by atoms with Crippen LogP contribution in [0.3, 0.4) is 0 Å². The molecule has 3 aromatic heterocycles. The molecule has 0 saturated carbocycles. The first-order chi connectivity index (χ1) is 31.7. The quantitative estimate of drug-likeness (QED) is 0.159. The maximum Gasteiger partial charge on any atom is 0.136 e. The lowest BCUT2D eigenvalue weighted by molar-refractivity contribution is 0.669. The van der Waals surface area contributed by atoms with E-state index in [4.69, 9.17) is 4.42 Å². The zero-order valence-electron chi connectivity index (χ0n) is 34.7.